The number of esters is 1. The first-order chi connectivity index (χ1) is 13.4. The SMILES string of the molecule is CCOC(=O)Cc1c(C)n(C(=O)c2ccc(Cl)cc2)c2cc(F)c(OC)cc12. The maximum absolute atomic E-state index is 14.4. The van der Waals surface area contributed by atoms with E-state index in [2.05, 4.69) is 0 Å². The van der Waals surface area contributed by atoms with Crippen LogP contribution in [0, 0.1) is 12.7 Å². The highest BCUT2D eigenvalue weighted by atomic mass is 35.5. The van der Waals surface area contributed by atoms with Crippen LogP contribution in [0.4, 0.5) is 4.39 Å². The fourth-order valence-corrected chi connectivity index (χ4v) is 3.33. The van der Waals surface area contributed by atoms with E-state index in [0.717, 1.165) is 0 Å². The zero-order valence-corrected chi connectivity index (χ0v) is 16.5. The van der Waals surface area contributed by atoms with Crippen LogP contribution in [-0.2, 0) is 16.0 Å². The molecule has 0 amide bonds. The molecule has 0 atom stereocenters. The van der Waals surface area contributed by atoms with Crippen molar-refractivity contribution >= 4 is 34.4 Å². The number of carbonyl (C=O) groups excluding carboxylic acids is 2. The molecule has 28 heavy (non-hydrogen) atoms. The number of aromatic nitrogens is 1. The molecular weight excluding hydrogens is 385 g/mol. The van der Waals surface area contributed by atoms with E-state index in [1.165, 1.54) is 23.8 Å². The third-order valence-electron chi connectivity index (χ3n) is 4.53. The summed E-state index contributed by atoms with van der Waals surface area (Å²) in [5.41, 5.74) is 1.88. The molecule has 1 heterocycles. The van der Waals surface area contributed by atoms with Gasteiger partial charge >= 0.3 is 5.97 Å². The van der Waals surface area contributed by atoms with Gasteiger partial charge in [0.1, 0.15) is 0 Å². The van der Waals surface area contributed by atoms with Crippen molar-refractivity contribution in [3.8, 4) is 5.75 Å². The van der Waals surface area contributed by atoms with Crippen LogP contribution in [0.25, 0.3) is 10.9 Å². The zero-order valence-electron chi connectivity index (χ0n) is 15.7. The first-order valence-corrected chi connectivity index (χ1v) is 9.08. The molecule has 0 saturated carbocycles. The maximum Gasteiger partial charge on any atom is 0.310 e. The lowest BCUT2D eigenvalue weighted by molar-refractivity contribution is -0.142. The van der Waals surface area contributed by atoms with Gasteiger partial charge in [-0.25, -0.2) is 4.39 Å². The van der Waals surface area contributed by atoms with Crippen molar-refractivity contribution in [2.75, 3.05) is 13.7 Å². The Bertz CT molecular complexity index is 1060. The standard InChI is InChI=1S/C21H19ClFNO4/c1-4-28-20(25)10-15-12(2)24(21(26)13-5-7-14(22)8-6-13)18-11-17(23)19(27-3)9-16(15)18/h5-9,11H,4,10H2,1-3H3. The van der Waals surface area contributed by atoms with E-state index < -0.39 is 11.8 Å². The summed E-state index contributed by atoms with van der Waals surface area (Å²) in [6, 6.07) is 9.15. The molecule has 146 valence electrons. The first kappa shape index (κ1) is 19.9. The third-order valence-corrected chi connectivity index (χ3v) is 4.78. The van der Waals surface area contributed by atoms with Crippen molar-refractivity contribution in [2.24, 2.45) is 0 Å². The first-order valence-electron chi connectivity index (χ1n) is 8.70. The van der Waals surface area contributed by atoms with Crippen LogP contribution in [0.2, 0.25) is 5.02 Å². The van der Waals surface area contributed by atoms with Crippen LogP contribution in [0.1, 0.15) is 28.5 Å². The van der Waals surface area contributed by atoms with E-state index in [9.17, 15) is 14.0 Å². The topological polar surface area (TPSA) is 57.5 Å². The average Bonchev–Trinajstić information content (AvgIpc) is 2.92. The second kappa shape index (κ2) is 8.02. The third kappa shape index (κ3) is 3.60. The van der Waals surface area contributed by atoms with Gasteiger partial charge in [-0.2, -0.15) is 0 Å². The Balaban J connectivity index is 2.22. The quantitative estimate of drug-likeness (QED) is 0.587. The van der Waals surface area contributed by atoms with Crippen LogP contribution in [-0.4, -0.2) is 30.2 Å². The molecule has 0 N–H and O–H groups in total. The summed E-state index contributed by atoms with van der Waals surface area (Å²) in [7, 11) is 1.36. The number of carbonyl (C=O) groups is 2. The Morgan fingerprint density at radius 2 is 1.86 bits per heavy atom. The second-order valence-electron chi connectivity index (χ2n) is 6.20. The van der Waals surface area contributed by atoms with Crippen molar-refractivity contribution < 1.29 is 23.5 Å². The minimum Gasteiger partial charge on any atom is -0.494 e. The van der Waals surface area contributed by atoms with E-state index >= 15 is 0 Å². The van der Waals surface area contributed by atoms with Crippen molar-refractivity contribution in [1.29, 1.82) is 0 Å². The van der Waals surface area contributed by atoms with E-state index in [0.29, 0.717) is 32.7 Å². The Kier molecular flexibility index (Phi) is 5.70. The van der Waals surface area contributed by atoms with Gasteiger partial charge in [0.15, 0.2) is 11.6 Å². The Hall–Kier alpha value is -2.86. The molecular formula is C21H19ClFNO4. The van der Waals surface area contributed by atoms with Gasteiger partial charge in [0, 0.05) is 27.7 Å². The maximum atomic E-state index is 14.4. The molecule has 0 spiro atoms. The van der Waals surface area contributed by atoms with Crippen molar-refractivity contribution in [3.63, 3.8) is 0 Å². The van der Waals surface area contributed by atoms with Crippen LogP contribution in [0.5, 0.6) is 5.75 Å². The highest BCUT2D eigenvalue weighted by Crippen LogP contribution is 2.32. The van der Waals surface area contributed by atoms with Gasteiger partial charge in [-0.1, -0.05) is 11.6 Å². The lowest BCUT2D eigenvalue weighted by Gasteiger charge is -2.08. The van der Waals surface area contributed by atoms with Crippen molar-refractivity contribution in [1.82, 2.24) is 4.57 Å². The Morgan fingerprint density at radius 3 is 2.46 bits per heavy atom. The molecule has 2 aromatic carbocycles. The van der Waals surface area contributed by atoms with E-state index in [1.54, 1.807) is 38.1 Å². The molecule has 0 unspecified atom stereocenters. The van der Waals surface area contributed by atoms with Crippen LogP contribution < -0.4 is 4.74 Å². The molecule has 0 saturated heterocycles. The van der Waals surface area contributed by atoms with Crippen molar-refractivity contribution in [3.05, 3.63) is 64.1 Å². The van der Waals surface area contributed by atoms with Crippen LogP contribution >= 0.6 is 11.6 Å². The molecule has 5 nitrogen and oxygen atoms in total. The number of benzene rings is 2. The molecule has 3 rings (SSSR count). The van der Waals surface area contributed by atoms with E-state index in [-0.39, 0.29) is 24.7 Å². The average molecular weight is 404 g/mol. The zero-order chi connectivity index (χ0) is 20.4. The lowest BCUT2D eigenvalue weighted by atomic mass is 10.1. The van der Waals surface area contributed by atoms with Gasteiger partial charge in [0.05, 0.1) is 25.7 Å². The number of ether oxygens (including phenoxy) is 2. The number of rotatable bonds is 5. The summed E-state index contributed by atoms with van der Waals surface area (Å²) >= 11 is 5.90. The predicted octanol–water partition coefficient (Wildman–Crippen LogP) is 4.54. The van der Waals surface area contributed by atoms with Crippen LogP contribution in [0.15, 0.2) is 36.4 Å². The fourth-order valence-electron chi connectivity index (χ4n) is 3.20. The normalized spacial score (nSPS) is 10.9. The molecule has 3 aromatic rings. The largest absolute Gasteiger partial charge is 0.494 e. The summed E-state index contributed by atoms with van der Waals surface area (Å²) < 4.78 is 25.9. The smallest absolute Gasteiger partial charge is 0.310 e. The van der Waals surface area contributed by atoms with Gasteiger partial charge in [-0.3, -0.25) is 14.2 Å². The monoisotopic (exact) mass is 403 g/mol. The molecule has 0 radical (unpaired) electrons. The van der Waals surface area contributed by atoms with Gasteiger partial charge in [-0.15, -0.1) is 0 Å². The number of fused-ring (bicyclic) bond motifs is 1. The predicted molar refractivity (Wildman–Crippen MR) is 105 cm³/mol. The minimum absolute atomic E-state index is 0.0358. The molecule has 0 aliphatic carbocycles. The number of hydrogen-bond donors (Lipinski definition) is 0. The van der Waals surface area contributed by atoms with Crippen molar-refractivity contribution in [2.45, 2.75) is 20.3 Å². The summed E-state index contributed by atoms with van der Waals surface area (Å²) in [6.45, 7) is 3.68. The minimum atomic E-state index is -0.597. The molecule has 0 fully saturated rings. The number of nitrogens with zero attached hydrogens (tertiary/aromatic N) is 1. The summed E-state index contributed by atoms with van der Waals surface area (Å²) in [5.74, 6) is -1.33. The molecule has 1 aromatic heterocycles. The fraction of sp³-hybridized carbons (Fsp3) is 0.238. The molecule has 0 bridgehead atoms. The Labute approximate surface area is 166 Å². The second-order valence-corrected chi connectivity index (χ2v) is 6.63. The Morgan fingerprint density at radius 1 is 1.18 bits per heavy atom. The number of hydrogen-bond acceptors (Lipinski definition) is 4. The number of methoxy groups -OCH3 is 1. The van der Waals surface area contributed by atoms with Gasteiger partial charge in [0.2, 0.25) is 0 Å². The highest BCUT2D eigenvalue weighted by molar-refractivity contribution is 6.30. The lowest BCUT2D eigenvalue weighted by Crippen LogP contribution is -2.14. The molecule has 0 aliphatic rings. The van der Waals surface area contributed by atoms with Crippen LogP contribution in [0.3, 0.4) is 0 Å². The summed E-state index contributed by atoms with van der Waals surface area (Å²) in [5, 5.41) is 1.07. The van der Waals surface area contributed by atoms with Gasteiger partial charge in [0.25, 0.3) is 5.91 Å². The molecule has 7 heteroatoms. The highest BCUT2D eigenvalue weighted by Gasteiger charge is 2.23. The molecule has 0 aliphatic heterocycles. The summed E-state index contributed by atoms with van der Waals surface area (Å²) in [6.07, 6.45) is -0.0359. The summed E-state index contributed by atoms with van der Waals surface area (Å²) in [4.78, 5) is 25.2. The van der Waals surface area contributed by atoms with Gasteiger partial charge < -0.3 is 9.47 Å². The van der Waals surface area contributed by atoms with E-state index in [1.807, 2.05) is 0 Å². The van der Waals surface area contributed by atoms with E-state index in [4.69, 9.17) is 21.1 Å². The number of halogens is 2. The van der Waals surface area contributed by atoms with Gasteiger partial charge in [-0.05, 0) is 49.7 Å².